The predicted molar refractivity (Wildman–Crippen MR) is 97.6 cm³/mol. The van der Waals surface area contributed by atoms with Crippen LogP contribution in [0.1, 0.15) is 32.0 Å². The number of nitrogens with one attached hydrogen (secondary N) is 1. The zero-order valence-corrected chi connectivity index (χ0v) is 16.1. The lowest BCUT2D eigenvalue weighted by Gasteiger charge is -2.20. The Hall–Kier alpha value is -1.96. The molecular formula is C18H20BrFN4O2. The second-order valence-electron chi connectivity index (χ2n) is 7.55. The van der Waals surface area contributed by atoms with E-state index in [2.05, 4.69) is 26.1 Å². The average Bonchev–Trinajstić information content (AvgIpc) is 3.02. The number of benzene rings is 1. The first-order valence-electron chi connectivity index (χ1n) is 8.78. The van der Waals surface area contributed by atoms with Crippen molar-refractivity contribution in [1.29, 1.82) is 0 Å². The summed E-state index contributed by atoms with van der Waals surface area (Å²) in [5, 5.41) is 6.51. The van der Waals surface area contributed by atoms with E-state index < -0.39 is 11.5 Å². The van der Waals surface area contributed by atoms with E-state index in [9.17, 15) is 14.0 Å². The molecule has 0 spiro atoms. The fourth-order valence-electron chi connectivity index (χ4n) is 3.60. The van der Waals surface area contributed by atoms with Crippen LogP contribution < -0.4 is 5.69 Å². The second kappa shape index (κ2) is 6.33. The molecule has 1 aromatic heterocycles. The van der Waals surface area contributed by atoms with Crippen molar-refractivity contribution < 1.29 is 9.18 Å². The van der Waals surface area contributed by atoms with Gasteiger partial charge in [-0.3, -0.25) is 4.79 Å². The molecule has 1 saturated carbocycles. The van der Waals surface area contributed by atoms with Crippen molar-refractivity contribution in [3.05, 3.63) is 44.8 Å². The van der Waals surface area contributed by atoms with Crippen LogP contribution in [0.15, 0.2) is 27.5 Å². The molecule has 2 aliphatic rings. The number of aromatic nitrogens is 3. The molecule has 4 rings (SSSR count). The minimum Gasteiger partial charge on any atom is -0.342 e. The van der Waals surface area contributed by atoms with E-state index in [4.69, 9.17) is 0 Å². The quantitative estimate of drug-likeness (QED) is 0.822. The molecule has 2 fully saturated rings. The summed E-state index contributed by atoms with van der Waals surface area (Å²) >= 11 is 3.22. The Morgan fingerprint density at radius 1 is 1.46 bits per heavy atom. The number of amides is 1. The lowest BCUT2D eigenvalue weighted by atomic mass is 10.0. The Labute approximate surface area is 158 Å². The summed E-state index contributed by atoms with van der Waals surface area (Å²) in [7, 11) is 0. The first kappa shape index (κ1) is 17.5. The molecule has 1 N–H and O–H groups in total. The van der Waals surface area contributed by atoms with Gasteiger partial charge in [0, 0.05) is 29.4 Å². The zero-order valence-electron chi connectivity index (χ0n) is 14.5. The highest BCUT2D eigenvalue weighted by Gasteiger charge is 2.48. The topological polar surface area (TPSA) is 71.0 Å². The Kier molecular flexibility index (Phi) is 4.25. The number of carbonyl (C=O) groups is 1. The molecule has 2 aromatic rings. The van der Waals surface area contributed by atoms with Crippen LogP contribution in [0.5, 0.6) is 0 Å². The third-order valence-electron chi connectivity index (χ3n) is 5.45. The van der Waals surface area contributed by atoms with Crippen LogP contribution >= 0.6 is 15.9 Å². The van der Waals surface area contributed by atoms with E-state index in [1.807, 2.05) is 11.8 Å². The summed E-state index contributed by atoms with van der Waals surface area (Å²) in [6, 6.07) is 4.57. The number of carbonyl (C=O) groups excluding carboxylic acids is 1. The molecule has 0 radical (unpaired) electrons. The zero-order chi connectivity index (χ0) is 18.5. The SMILES string of the molecule is CC1(C(=O)N2CCC(Cc3n[nH]c(=O)n3-c3ccc(Br)cc3F)C2)CC1. The molecule has 1 unspecified atom stereocenters. The van der Waals surface area contributed by atoms with Crippen LogP contribution in [0.3, 0.4) is 0 Å². The molecule has 0 bridgehead atoms. The van der Waals surface area contributed by atoms with Crippen molar-refractivity contribution in [2.45, 2.75) is 32.6 Å². The molecule has 26 heavy (non-hydrogen) atoms. The normalized spacial score (nSPS) is 21.2. The summed E-state index contributed by atoms with van der Waals surface area (Å²) in [6.45, 7) is 3.42. The van der Waals surface area contributed by atoms with Crippen molar-refractivity contribution in [3.63, 3.8) is 0 Å². The van der Waals surface area contributed by atoms with E-state index >= 15 is 0 Å². The number of halogens is 2. The fraction of sp³-hybridized carbons (Fsp3) is 0.500. The maximum Gasteiger partial charge on any atom is 0.348 e. The van der Waals surface area contributed by atoms with Crippen LogP contribution in [0.2, 0.25) is 0 Å². The Morgan fingerprint density at radius 3 is 2.92 bits per heavy atom. The third kappa shape index (κ3) is 3.11. The fourth-order valence-corrected chi connectivity index (χ4v) is 3.94. The van der Waals surface area contributed by atoms with E-state index in [1.165, 1.54) is 10.6 Å². The predicted octanol–water partition coefficient (Wildman–Crippen LogP) is 2.65. The highest BCUT2D eigenvalue weighted by molar-refractivity contribution is 9.10. The number of hydrogen-bond acceptors (Lipinski definition) is 3. The third-order valence-corrected chi connectivity index (χ3v) is 5.95. The first-order chi connectivity index (χ1) is 12.4. The van der Waals surface area contributed by atoms with Crippen LogP contribution in [0, 0.1) is 17.2 Å². The van der Waals surface area contributed by atoms with Gasteiger partial charge in [-0.05, 0) is 43.4 Å². The summed E-state index contributed by atoms with van der Waals surface area (Å²) in [5.74, 6) is 0.453. The summed E-state index contributed by atoms with van der Waals surface area (Å²) < 4.78 is 16.2. The lowest BCUT2D eigenvalue weighted by Crippen LogP contribution is -2.34. The number of H-pyrrole nitrogens is 1. The van der Waals surface area contributed by atoms with Gasteiger partial charge in [-0.1, -0.05) is 22.9 Å². The van der Waals surface area contributed by atoms with Crippen molar-refractivity contribution in [2.75, 3.05) is 13.1 Å². The monoisotopic (exact) mass is 422 g/mol. The van der Waals surface area contributed by atoms with Crippen LogP contribution in [-0.4, -0.2) is 38.7 Å². The van der Waals surface area contributed by atoms with Crippen LogP contribution in [0.4, 0.5) is 4.39 Å². The van der Waals surface area contributed by atoms with Gasteiger partial charge >= 0.3 is 5.69 Å². The second-order valence-corrected chi connectivity index (χ2v) is 8.46. The molecule has 1 amide bonds. The number of likely N-dealkylation sites (tertiary alicyclic amines) is 1. The van der Waals surface area contributed by atoms with Crippen molar-refractivity contribution in [1.82, 2.24) is 19.7 Å². The van der Waals surface area contributed by atoms with Gasteiger partial charge in [0.05, 0.1) is 5.69 Å². The number of aromatic amines is 1. The van der Waals surface area contributed by atoms with Gasteiger partial charge in [0.25, 0.3) is 0 Å². The highest BCUT2D eigenvalue weighted by atomic mass is 79.9. The van der Waals surface area contributed by atoms with E-state index in [0.29, 0.717) is 23.3 Å². The summed E-state index contributed by atoms with van der Waals surface area (Å²) in [6.07, 6.45) is 3.32. The Morgan fingerprint density at radius 2 is 2.23 bits per heavy atom. The van der Waals surface area contributed by atoms with Crippen molar-refractivity contribution >= 4 is 21.8 Å². The number of hydrogen-bond donors (Lipinski definition) is 1. The maximum absolute atomic E-state index is 14.3. The number of rotatable bonds is 4. The molecule has 1 saturated heterocycles. The van der Waals surface area contributed by atoms with Crippen LogP contribution in [-0.2, 0) is 11.2 Å². The molecular weight excluding hydrogens is 403 g/mol. The van der Waals surface area contributed by atoms with Crippen molar-refractivity contribution in [3.8, 4) is 5.69 Å². The van der Waals surface area contributed by atoms with Gasteiger partial charge < -0.3 is 4.90 Å². The van der Waals surface area contributed by atoms with Gasteiger partial charge in [-0.25, -0.2) is 18.9 Å². The molecule has 6 nitrogen and oxygen atoms in total. The summed E-state index contributed by atoms with van der Waals surface area (Å²) in [5.41, 5.74) is -0.444. The smallest absolute Gasteiger partial charge is 0.342 e. The van der Waals surface area contributed by atoms with Gasteiger partial charge in [-0.15, -0.1) is 0 Å². The van der Waals surface area contributed by atoms with E-state index in [-0.39, 0.29) is 22.9 Å². The van der Waals surface area contributed by atoms with Crippen molar-refractivity contribution in [2.24, 2.45) is 11.3 Å². The van der Waals surface area contributed by atoms with Crippen LogP contribution in [0.25, 0.3) is 5.69 Å². The average molecular weight is 423 g/mol. The van der Waals surface area contributed by atoms with Gasteiger partial charge in [0.15, 0.2) is 0 Å². The number of nitrogens with zero attached hydrogens (tertiary/aromatic N) is 3. The minimum atomic E-state index is -0.492. The van der Waals surface area contributed by atoms with Gasteiger partial charge in [0.1, 0.15) is 11.6 Å². The standard InChI is InChI=1S/C18H20BrFN4O2/c1-18(5-6-18)16(25)23-7-4-11(10-23)8-15-21-22-17(26)24(15)14-3-2-12(19)9-13(14)20/h2-3,9,11H,4-8,10H2,1H3,(H,22,26). The Balaban J connectivity index is 1.53. The molecule has 1 aliphatic heterocycles. The minimum absolute atomic E-state index is 0.163. The molecule has 138 valence electrons. The molecule has 1 aromatic carbocycles. The largest absolute Gasteiger partial charge is 0.348 e. The maximum atomic E-state index is 14.3. The molecule has 1 atom stereocenters. The van der Waals surface area contributed by atoms with E-state index in [0.717, 1.165) is 25.8 Å². The van der Waals surface area contributed by atoms with E-state index in [1.54, 1.807) is 12.1 Å². The Bertz CT molecular complexity index is 918. The molecule has 2 heterocycles. The summed E-state index contributed by atoms with van der Waals surface area (Å²) in [4.78, 5) is 26.6. The molecule has 8 heteroatoms. The highest BCUT2D eigenvalue weighted by Crippen LogP contribution is 2.47. The first-order valence-corrected chi connectivity index (χ1v) is 9.58. The lowest BCUT2D eigenvalue weighted by molar-refractivity contribution is -0.135. The molecule has 1 aliphatic carbocycles. The van der Waals surface area contributed by atoms with Gasteiger partial charge in [-0.2, -0.15) is 5.10 Å². The van der Waals surface area contributed by atoms with Gasteiger partial charge in [0.2, 0.25) is 5.91 Å².